The van der Waals surface area contributed by atoms with E-state index in [1.54, 1.807) is 0 Å². The molecule has 0 aliphatic carbocycles. The van der Waals surface area contributed by atoms with Crippen molar-refractivity contribution in [1.82, 2.24) is 0 Å². The summed E-state index contributed by atoms with van der Waals surface area (Å²) in [4.78, 5) is 0. The Morgan fingerprint density at radius 3 is 2.05 bits per heavy atom. The lowest BCUT2D eigenvalue weighted by molar-refractivity contribution is 1.37. The Bertz CT molecular complexity index is 794. The fourth-order valence-corrected chi connectivity index (χ4v) is 3.01. The van der Waals surface area contributed by atoms with E-state index in [4.69, 9.17) is 0 Å². The molecule has 0 unspecified atom stereocenters. The topological polar surface area (TPSA) is 0 Å². The second-order valence-electron chi connectivity index (χ2n) is 5.73. The summed E-state index contributed by atoms with van der Waals surface area (Å²) >= 11 is 0. The van der Waals surface area contributed by atoms with Crippen molar-refractivity contribution in [3.05, 3.63) is 70.8 Å². The van der Waals surface area contributed by atoms with Gasteiger partial charge in [0.2, 0.25) is 0 Å². The van der Waals surface area contributed by atoms with Crippen LogP contribution in [0.25, 0.3) is 21.9 Å². The van der Waals surface area contributed by atoms with Crippen molar-refractivity contribution in [3.8, 4) is 11.1 Å². The van der Waals surface area contributed by atoms with Crippen LogP contribution >= 0.6 is 0 Å². The molecule has 0 aliphatic heterocycles. The van der Waals surface area contributed by atoms with E-state index in [2.05, 4.69) is 76.2 Å². The van der Waals surface area contributed by atoms with Gasteiger partial charge in [-0.05, 0) is 66.3 Å². The molecular weight excluding hydrogens is 240 g/mol. The lowest BCUT2D eigenvalue weighted by Crippen LogP contribution is -1.92. The molecule has 0 saturated carbocycles. The summed E-state index contributed by atoms with van der Waals surface area (Å²) in [5.41, 5.74) is 8.10. The van der Waals surface area contributed by atoms with E-state index in [9.17, 15) is 0 Å². The normalized spacial score (nSPS) is 11.0. The van der Waals surface area contributed by atoms with Gasteiger partial charge in [0.15, 0.2) is 0 Å². The fraction of sp³-hybridized carbons (Fsp3) is 0.200. The molecule has 0 N–H and O–H groups in total. The summed E-state index contributed by atoms with van der Waals surface area (Å²) in [6, 6.07) is 17.7. The van der Waals surface area contributed by atoms with Crippen LogP contribution in [0.1, 0.15) is 22.3 Å². The van der Waals surface area contributed by atoms with Crippen molar-refractivity contribution in [2.45, 2.75) is 27.7 Å². The van der Waals surface area contributed by atoms with Gasteiger partial charge in [0.05, 0.1) is 0 Å². The maximum absolute atomic E-state index is 2.33. The van der Waals surface area contributed by atoms with Crippen molar-refractivity contribution in [2.75, 3.05) is 0 Å². The number of fused-ring (bicyclic) bond motifs is 1. The third kappa shape index (κ3) is 2.02. The number of aryl methyl sites for hydroxylation is 4. The van der Waals surface area contributed by atoms with E-state index in [-0.39, 0.29) is 0 Å². The maximum atomic E-state index is 2.33. The smallest absolute Gasteiger partial charge is 0.0143 e. The van der Waals surface area contributed by atoms with Crippen molar-refractivity contribution in [1.29, 1.82) is 0 Å². The molecule has 0 aliphatic rings. The molecule has 3 rings (SSSR count). The quantitative estimate of drug-likeness (QED) is 0.523. The summed E-state index contributed by atoms with van der Waals surface area (Å²) in [6.07, 6.45) is 0. The van der Waals surface area contributed by atoms with E-state index in [1.165, 1.54) is 44.2 Å². The van der Waals surface area contributed by atoms with Crippen molar-refractivity contribution in [3.63, 3.8) is 0 Å². The Balaban J connectivity index is 2.37. The summed E-state index contributed by atoms with van der Waals surface area (Å²) in [5.74, 6) is 0. The van der Waals surface area contributed by atoms with E-state index < -0.39 is 0 Å². The van der Waals surface area contributed by atoms with Gasteiger partial charge in [-0.1, -0.05) is 54.1 Å². The van der Waals surface area contributed by atoms with E-state index in [1.807, 2.05) is 0 Å². The van der Waals surface area contributed by atoms with Gasteiger partial charge in [-0.15, -0.1) is 0 Å². The van der Waals surface area contributed by atoms with Crippen LogP contribution in [0.4, 0.5) is 0 Å². The SMILES string of the molecule is Cc1ccc(C)c(-c2cc(C)c3ccccc3c2C)c1. The Kier molecular flexibility index (Phi) is 3.10. The van der Waals surface area contributed by atoms with Gasteiger partial charge < -0.3 is 0 Å². The first-order valence-corrected chi connectivity index (χ1v) is 7.14. The second-order valence-corrected chi connectivity index (χ2v) is 5.73. The van der Waals surface area contributed by atoms with Crippen LogP contribution in [0.15, 0.2) is 48.5 Å². The Morgan fingerprint density at radius 2 is 1.30 bits per heavy atom. The van der Waals surface area contributed by atoms with Crippen LogP contribution in [0.2, 0.25) is 0 Å². The molecule has 0 radical (unpaired) electrons. The minimum Gasteiger partial charge on any atom is -0.0616 e. The van der Waals surface area contributed by atoms with E-state index >= 15 is 0 Å². The Morgan fingerprint density at radius 1 is 0.600 bits per heavy atom. The standard InChI is InChI=1S/C20H20/c1-13-9-10-14(2)19(11-13)20-12-15(3)17-7-5-6-8-18(17)16(20)4/h5-12H,1-4H3. The van der Waals surface area contributed by atoms with Crippen molar-refractivity contribution >= 4 is 10.8 Å². The fourth-order valence-electron chi connectivity index (χ4n) is 3.01. The predicted octanol–water partition coefficient (Wildman–Crippen LogP) is 5.74. The van der Waals surface area contributed by atoms with Crippen LogP contribution in [-0.2, 0) is 0 Å². The molecule has 0 spiro atoms. The van der Waals surface area contributed by atoms with Crippen LogP contribution in [0.5, 0.6) is 0 Å². The maximum Gasteiger partial charge on any atom is -0.0143 e. The first-order valence-electron chi connectivity index (χ1n) is 7.14. The van der Waals surface area contributed by atoms with Crippen molar-refractivity contribution < 1.29 is 0 Å². The minimum absolute atomic E-state index is 1.32. The van der Waals surface area contributed by atoms with Gasteiger partial charge in [-0.2, -0.15) is 0 Å². The van der Waals surface area contributed by atoms with E-state index in [0.717, 1.165) is 0 Å². The molecule has 0 amide bonds. The highest BCUT2D eigenvalue weighted by Gasteiger charge is 2.10. The molecule has 0 nitrogen and oxygen atoms in total. The molecule has 0 fully saturated rings. The average molecular weight is 260 g/mol. The first kappa shape index (κ1) is 12.9. The number of hydrogen-bond donors (Lipinski definition) is 0. The molecule has 0 heterocycles. The third-order valence-electron chi connectivity index (χ3n) is 4.20. The molecule has 0 bridgehead atoms. The number of rotatable bonds is 1. The monoisotopic (exact) mass is 260 g/mol. The molecule has 0 atom stereocenters. The van der Waals surface area contributed by atoms with Gasteiger partial charge >= 0.3 is 0 Å². The zero-order chi connectivity index (χ0) is 14.3. The van der Waals surface area contributed by atoms with Gasteiger partial charge in [-0.25, -0.2) is 0 Å². The van der Waals surface area contributed by atoms with Crippen molar-refractivity contribution in [2.24, 2.45) is 0 Å². The Labute approximate surface area is 121 Å². The Hall–Kier alpha value is -2.08. The number of benzene rings is 3. The zero-order valence-electron chi connectivity index (χ0n) is 12.6. The predicted molar refractivity (Wildman–Crippen MR) is 88.3 cm³/mol. The summed E-state index contributed by atoms with van der Waals surface area (Å²) in [5, 5.41) is 2.72. The van der Waals surface area contributed by atoms with Gasteiger partial charge in [0.25, 0.3) is 0 Å². The molecule has 100 valence electrons. The van der Waals surface area contributed by atoms with Crippen LogP contribution in [0.3, 0.4) is 0 Å². The zero-order valence-corrected chi connectivity index (χ0v) is 12.6. The first-order chi connectivity index (χ1) is 9.58. The molecular formula is C20H20. The molecule has 0 heteroatoms. The average Bonchev–Trinajstić information content (AvgIpc) is 2.46. The lowest BCUT2D eigenvalue weighted by atomic mass is 9.89. The third-order valence-corrected chi connectivity index (χ3v) is 4.20. The van der Waals surface area contributed by atoms with E-state index in [0.29, 0.717) is 0 Å². The second kappa shape index (κ2) is 4.79. The largest absolute Gasteiger partial charge is 0.0616 e. The van der Waals surface area contributed by atoms with Crippen LogP contribution < -0.4 is 0 Å². The van der Waals surface area contributed by atoms with Gasteiger partial charge in [0.1, 0.15) is 0 Å². The highest BCUT2D eigenvalue weighted by Crippen LogP contribution is 2.34. The molecule has 3 aromatic carbocycles. The minimum atomic E-state index is 1.32. The van der Waals surface area contributed by atoms with Gasteiger partial charge in [0, 0.05) is 0 Å². The summed E-state index contributed by atoms with van der Waals surface area (Å²) in [7, 11) is 0. The molecule has 0 aromatic heterocycles. The highest BCUT2D eigenvalue weighted by atomic mass is 14.1. The lowest BCUT2D eigenvalue weighted by Gasteiger charge is -2.15. The molecule has 20 heavy (non-hydrogen) atoms. The molecule has 3 aromatic rings. The number of hydrogen-bond acceptors (Lipinski definition) is 0. The van der Waals surface area contributed by atoms with Crippen LogP contribution in [0, 0.1) is 27.7 Å². The molecule has 0 saturated heterocycles. The summed E-state index contributed by atoms with van der Waals surface area (Å²) in [6.45, 7) is 8.79. The highest BCUT2D eigenvalue weighted by molar-refractivity contribution is 5.94. The summed E-state index contributed by atoms with van der Waals surface area (Å²) < 4.78 is 0. The van der Waals surface area contributed by atoms with Gasteiger partial charge in [-0.3, -0.25) is 0 Å². The van der Waals surface area contributed by atoms with Crippen LogP contribution in [-0.4, -0.2) is 0 Å².